The molecule has 2 aliphatic rings. The second kappa shape index (κ2) is 7.33. The Morgan fingerprint density at radius 1 is 1.59 bits per heavy atom. The molecule has 2 atom stereocenters. The molecule has 0 spiro atoms. The fourth-order valence-electron chi connectivity index (χ4n) is 2.64. The van der Waals surface area contributed by atoms with E-state index in [0.29, 0.717) is 19.1 Å². The quantitative estimate of drug-likeness (QED) is 0.595. The summed E-state index contributed by atoms with van der Waals surface area (Å²) in [5.41, 5.74) is -0.0704. The highest BCUT2D eigenvalue weighted by Gasteiger charge is 2.43. The van der Waals surface area contributed by atoms with Crippen molar-refractivity contribution in [3.63, 3.8) is 0 Å². The summed E-state index contributed by atoms with van der Waals surface area (Å²) < 4.78 is 5.65. The molecular weight excluding hydrogens is 306 g/mol. The highest BCUT2D eigenvalue weighted by Crippen LogP contribution is 2.38. The molecule has 0 bridgehead atoms. The number of amidine groups is 1. The molecule has 2 unspecified atom stereocenters. The Kier molecular flexibility index (Phi) is 5.69. The molecule has 124 valence electrons. The zero-order valence-electron chi connectivity index (χ0n) is 13.1. The van der Waals surface area contributed by atoms with Crippen LogP contribution in [0.5, 0.6) is 0 Å². The average Bonchev–Trinajstić information content (AvgIpc) is 3.30. The molecule has 0 radical (unpaired) electrons. The van der Waals surface area contributed by atoms with Crippen LogP contribution in [-0.4, -0.2) is 47.2 Å². The third-order valence-corrected chi connectivity index (χ3v) is 4.40. The van der Waals surface area contributed by atoms with E-state index in [1.165, 1.54) is 0 Å². The highest BCUT2D eigenvalue weighted by molar-refractivity contribution is 6.44. The van der Waals surface area contributed by atoms with Crippen molar-refractivity contribution in [3.05, 3.63) is 10.7 Å². The Balaban J connectivity index is 2.10. The first-order valence-corrected chi connectivity index (χ1v) is 8.19. The van der Waals surface area contributed by atoms with Gasteiger partial charge in [-0.25, -0.2) is 4.79 Å². The van der Waals surface area contributed by atoms with Crippen LogP contribution in [-0.2, 0) is 9.53 Å². The van der Waals surface area contributed by atoms with Crippen LogP contribution in [0.2, 0.25) is 0 Å². The zero-order chi connectivity index (χ0) is 16.3. The number of hydrogen-bond acceptors (Lipinski definition) is 4. The second-order valence-corrected chi connectivity index (χ2v) is 6.33. The average molecular weight is 330 g/mol. The molecule has 6 nitrogen and oxygen atoms in total. The van der Waals surface area contributed by atoms with Crippen molar-refractivity contribution in [1.29, 1.82) is 5.41 Å². The number of nitrogens with zero attached hydrogens (tertiary/aromatic N) is 1. The van der Waals surface area contributed by atoms with Crippen molar-refractivity contribution in [2.24, 2.45) is 5.92 Å². The number of carboxylic acids is 1. The van der Waals surface area contributed by atoms with E-state index in [1.54, 1.807) is 0 Å². The molecule has 1 aliphatic heterocycles. The maximum atomic E-state index is 11.3. The normalized spacial score (nSPS) is 23.5. The Bertz CT molecular complexity index is 477. The van der Waals surface area contributed by atoms with E-state index in [2.05, 4.69) is 12.2 Å². The van der Waals surface area contributed by atoms with E-state index in [-0.39, 0.29) is 28.8 Å². The number of halogens is 1. The Morgan fingerprint density at radius 2 is 2.27 bits per heavy atom. The maximum Gasteiger partial charge on any atom is 0.353 e. The van der Waals surface area contributed by atoms with Crippen LogP contribution in [0, 0.1) is 11.3 Å². The Morgan fingerprint density at radius 3 is 2.82 bits per heavy atom. The lowest BCUT2D eigenvalue weighted by molar-refractivity contribution is -0.133. The minimum Gasteiger partial charge on any atom is -0.477 e. The van der Waals surface area contributed by atoms with Gasteiger partial charge in [-0.2, -0.15) is 0 Å². The van der Waals surface area contributed by atoms with Gasteiger partial charge in [-0.05, 0) is 32.1 Å². The first-order chi connectivity index (χ1) is 10.5. The van der Waals surface area contributed by atoms with Crippen molar-refractivity contribution in [2.45, 2.75) is 51.7 Å². The van der Waals surface area contributed by atoms with Gasteiger partial charge in [0.15, 0.2) is 0 Å². The fraction of sp³-hybridized carbons (Fsp3) is 0.733. The van der Waals surface area contributed by atoms with Crippen LogP contribution in [0.15, 0.2) is 10.7 Å². The van der Waals surface area contributed by atoms with Gasteiger partial charge in [0.2, 0.25) is 0 Å². The van der Waals surface area contributed by atoms with E-state index in [1.807, 2.05) is 11.8 Å². The van der Waals surface area contributed by atoms with Crippen LogP contribution in [0.4, 0.5) is 0 Å². The summed E-state index contributed by atoms with van der Waals surface area (Å²) in [6.45, 7) is 5.29. The van der Waals surface area contributed by atoms with Gasteiger partial charge >= 0.3 is 5.97 Å². The molecule has 22 heavy (non-hydrogen) atoms. The summed E-state index contributed by atoms with van der Waals surface area (Å²) in [5.74, 6) is -0.689. The standard InChI is InChI=1S/C15H24ClN3O3/c1-3-4-7-22-8-9(2)19-13(17)11(16)12(15(20)21)18-14(19)10-5-6-10/h9-10,14,17-18H,3-8H2,1-2H3,(H,20,21). The topological polar surface area (TPSA) is 85.7 Å². The highest BCUT2D eigenvalue weighted by atomic mass is 35.5. The molecule has 0 saturated heterocycles. The van der Waals surface area contributed by atoms with Crippen molar-refractivity contribution in [3.8, 4) is 0 Å². The van der Waals surface area contributed by atoms with E-state index in [9.17, 15) is 9.90 Å². The molecular formula is C15H24ClN3O3. The lowest BCUT2D eigenvalue weighted by atomic mass is 10.1. The second-order valence-electron chi connectivity index (χ2n) is 5.95. The van der Waals surface area contributed by atoms with E-state index in [0.717, 1.165) is 25.7 Å². The maximum absolute atomic E-state index is 11.3. The summed E-state index contributed by atoms with van der Waals surface area (Å²) in [4.78, 5) is 13.1. The van der Waals surface area contributed by atoms with E-state index >= 15 is 0 Å². The zero-order valence-corrected chi connectivity index (χ0v) is 13.8. The summed E-state index contributed by atoms with van der Waals surface area (Å²) >= 11 is 6.07. The molecule has 0 aromatic carbocycles. The van der Waals surface area contributed by atoms with Crippen LogP contribution in [0.3, 0.4) is 0 Å². The van der Waals surface area contributed by atoms with E-state index < -0.39 is 5.97 Å². The van der Waals surface area contributed by atoms with Crippen molar-refractivity contribution >= 4 is 23.4 Å². The number of ether oxygens (including phenoxy) is 1. The van der Waals surface area contributed by atoms with Crippen LogP contribution in [0.25, 0.3) is 0 Å². The van der Waals surface area contributed by atoms with Gasteiger partial charge in [-0.1, -0.05) is 24.9 Å². The van der Waals surface area contributed by atoms with Gasteiger partial charge in [0.1, 0.15) is 22.7 Å². The minimum atomic E-state index is -1.12. The lowest BCUT2D eigenvalue weighted by Gasteiger charge is -2.42. The minimum absolute atomic E-state index is 0.0356. The lowest BCUT2D eigenvalue weighted by Crippen LogP contribution is -2.59. The smallest absolute Gasteiger partial charge is 0.353 e. The van der Waals surface area contributed by atoms with Gasteiger partial charge in [0, 0.05) is 6.61 Å². The molecule has 3 N–H and O–H groups in total. The molecule has 0 aromatic rings. The van der Waals surface area contributed by atoms with E-state index in [4.69, 9.17) is 21.7 Å². The molecule has 1 aliphatic carbocycles. The number of nitrogens with one attached hydrogen (secondary N) is 2. The van der Waals surface area contributed by atoms with Crippen LogP contribution in [0.1, 0.15) is 39.5 Å². The third-order valence-electron chi connectivity index (χ3n) is 4.04. The van der Waals surface area contributed by atoms with Crippen LogP contribution < -0.4 is 5.32 Å². The molecule has 7 heteroatoms. The summed E-state index contributed by atoms with van der Waals surface area (Å²) in [6.07, 6.45) is 3.98. The summed E-state index contributed by atoms with van der Waals surface area (Å²) in [7, 11) is 0. The molecule has 0 aromatic heterocycles. The van der Waals surface area contributed by atoms with Gasteiger partial charge in [-0.15, -0.1) is 0 Å². The number of hydrogen-bond donors (Lipinski definition) is 3. The Hall–Kier alpha value is -1.27. The summed E-state index contributed by atoms with van der Waals surface area (Å²) in [6, 6.07) is -0.0356. The molecule has 0 amide bonds. The third kappa shape index (κ3) is 3.73. The first-order valence-electron chi connectivity index (χ1n) is 7.82. The fourth-order valence-corrected chi connectivity index (χ4v) is 2.87. The molecule has 1 fully saturated rings. The first kappa shape index (κ1) is 17.1. The number of carboxylic acid groups (broad SMARTS) is 1. The van der Waals surface area contributed by atoms with Crippen molar-refractivity contribution < 1.29 is 14.6 Å². The number of aliphatic carboxylic acids is 1. The SMILES string of the molecule is CCCCOCC(C)N1C(=N)C(Cl)=C(C(=O)O)NC1C1CC1. The number of unbranched alkanes of at least 4 members (excludes halogenated alkanes) is 1. The predicted octanol–water partition coefficient (Wildman–Crippen LogP) is 2.35. The molecule has 2 rings (SSSR count). The molecule has 1 saturated carbocycles. The van der Waals surface area contributed by atoms with Gasteiger partial charge in [0.05, 0.1) is 12.6 Å². The van der Waals surface area contributed by atoms with Crippen molar-refractivity contribution in [2.75, 3.05) is 13.2 Å². The monoisotopic (exact) mass is 329 g/mol. The largest absolute Gasteiger partial charge is 0.477 e. The summed E-state index contributed by atoms with van der Waals surface area (Å²) in [5, 5.41) is 20.4. The van der Waals surface area contributed by atoms with Crippen LogP contribution >= 0.6 is 11.6 Å². The van der Waals surface area contributed by atoms with Gasteiger partial charge < -0.3 is 20.1 Å². The number of rotatable bonds is 8. The van der Waals surface area contributed by atoms with Gasteiger partial charge in [0.25, 0.3) is 0 Å². The molecule has 1 heterocycles. The predicted molar refractivity (Wildman–Crippen MR) is 84.9 cm³/mol. The van der Waals surface area contributed by atoms with Gasteiger partial charge in [-0.3, -0.25) is 5.41 Å². The Labute approximate surface area is 136 Å². The number of carbonyl (C=O) groups is 1. The van der Waals surface area contributed by atoms with Crippen molar-refractivity contribution in [1.82, 2.24) is 10.2 Å².